The van der Waals surface area contributed by atoms with Crippen LogP contribution in [0.3, 0.4) is 0 Å². The molecule has 4 heteroatoms. The van der Waals surface area contributed by atoms with Gasteiger partial charge in [0.25, 0.3) is 0 Å². The number of ether oxygens (including phenoxy) is 1. The molecular weight excluding hydrogens is 218 g/mol. The van der Waals surface area contributed by atoms with Crippen molar-refractivity contribution in [1.29, 1.82) is 0 Å². The SMILES string of the molecule is C=Cc1cc(NC(=O)OC(C)(C)C)ccc1O. The van der Waals surface area contributed by atoms with Crippen LogP contribution in [0, 0.1) is 0 Å². The number of benzene rings is 1. The number of carbonyl (C=O) groups is 1. The van der Waals surface area contributed by atoms with Gasteiger partial charge in [-0.2, -0.15) is 0 Å². The molecule has 0 aromatic heterocycles. The van der Waals surface area contributed by atoms with Gasteiger partial charge in [-0.05, 0) is 39.0 Å². The number of nitrogens with one attached hydrogen (secondary N) is 1. The number of aromatic hydroxyl groups is 1. The quantitative estimate of drug-likeness (QED) is 0.772. The van der Waals surface area contributed by atoms with E-state index in [0.29, 0.717) is 11.3 Å². The average Bonchev–Trinajstić information content (AvgIpc) is 2.18. The van der Waals surface area contributed by atoms with E-state index >= 15 is 0 Å². The molecule has 0 fully saturated rings. The first-order valence-electron chi connectivity index (χ1n) is 5.27. The molecule has 17 heavy (non-hydrogen) atoms. The zero-order valence-corrected chi connectivity index (χ0v) is 10.3. The summed E-state index contributed by atoms with van der Waals surface area (Å²) in [7, 11) is 0. The summed E-state index contributed by atoms with van der Waals surface area (Å²) in [5, 5.41) is 12.0. The van der Waals surface area contributed by atoms with Gasteiger partial charge >= 0.3 is 6.09 Å². The van der Waals surface area contributed by atoms with E-state index in [4.69, 9.17) is 4.74 Å². The Labute approximate surface area is 101 Å². The van der Waals surface area contributed by atoms with Crippen LogP contribution in [0.2, 0.25) is 0 Å². The maximum absolute atomic E-state index is 11.5. The van der Waals surface area contributed by atoms with Gasteiger partial charge in [-0.15, -0.1) is 0 Å². The topological polar surface area (TPSA) is 58.6 Å². The first kappa shape index (κ1) is 13.1. The molecule has 1 aromatic rings. The molecule has 0 spiro atoms. The zero-order chi connectivity index (χ0) is 13.1. The Balaban J connectivity index is 2.75. The second-order valence-corrected chi connectivity index (χ2v) is 4.60. The van der Waals surface area contributed by atoms with Crippen molar-refractivity contribution in [2.75, 3.05) is 5.32 Å². The van der Waals surface area contributed by atoms with Crippen LogP contribution in [-0.4, -0.2) is 16.8 Å². The predicted octanol–water partition coefficient (Wildman–Crippen LogP) is 3.38. The van der Waals surface area contributed by atoms with Crippen LogP contribution < -0.4 is 5.32 Å². The number of rotatable bonds is 2. The molecule has 0 saturated heterocycles. The summed E-state index contributed by atoms with van der Waals surface area (Å²) in [6.45, 7) is 8.94. The minimum absolute atomic E-state index is 0.120. The fourth-order valence-corrected chi connectivity index (χ4v) is 1.22. The third-order valence-corrected chi connectivity index (χ3v) is 1.89. The summed E-state index contributed by atoms with van der Waals surface area (Å²) >= 11 is 0. The van der Waals surface area contributed by atoms with E-state index in [1.54, 1.807) is 32.9 Å². The Kier molecular flexibility index (Phi) is 3.78. The molecule has 0 bridgehead atoms. The van der Waals surface area contributed by atoms with Crippen LogP contribution >= 0.6 is 0 Å². The molecule has 0 atom stereocenters. The van der Waals surface area contributed by atoms with Crippen LogP contribution in [0.15, 0.2) is 24.8 Å². The average molecular weight is 235 g/mol. The summed E-state index contributed by atoms with van der Waals surface area (Å²) in [4.78, 5) is 11.5. The Bertz CT molecular complexity index is 433. The molecule has 1 aromatic carbocycles. The first-order chi connectivity index (χ1) is 7.81. The monoisotopic (exact) mass is 235 g/mol. The summed E-state index contributed by atoms with van der Waals surface area (Å²) in [6.07, 6.45) is 0.980. The van der Waals surface area contributed by atoms with Gasteiger partial charge in [0.1, 0.15) is 11.4 Å². The molecule has 0 aliphatic heterocycles. The van der Waals surface area contributed by atoms with Gasteiger partial charge in [0, 0.05) is 11.3 Å². The molecule has 0 heterocycles. The number of phenolic OH excluding ortho intramolecular Hbond substituents is 1. The van der Waals surface area contributed by atoms with Gasteiger partial charge in [-0.3, -0.25) is 5.32 Å². The second-order valence-electron chi connectivity index (χ2n) is 4.60. The predicted molar refractivity (Wildman–Crippen MR) is 68.1 cm³/mol. The van der Waals surface area contributed by atoms with E-state index in [1.807, 2.05) is 0 Å². The van der Waals surface area contributed by atoms with E-state index < -0.39 is 11.7 Å². The minimum Gasteiger partial charge on any atom is -0.507 e. The van der Waals surface area contributed by atoms with Gasteiger partial charge in [-0.1, -0.05) is 12.7 Å². The fourth-order valence-electron chi connectivity index (χ4n) is 1.22. The number of carbonyl (C=O) groups excluding carboxylic acids is 1. The van der Waals surface area contributed by atoms with Crippen molar-refractivity contribution in [3.05, 3.63) is 30.3 Å². The van der Waals surface area contributed by atoms with Crippen molar-refractivity contribution in [2.24, 2.45) is 0 Å². The smallest absolute Gasteiger partial charge is 0.412 e. The number of phenols is 1. The van der Waals surface area contributed by atoms with Gasteiger partial charge in [0.2, 0.25) is 0 Å². The van der Waals surface area contributed by atoms with Crippen LogP contribution in [0.1, 0.15) is 26.3 Å². The van der Waals surface area contributed by atoms with Crippen molar-refractivity contribution >= 4 is 17.9 Å². The standard InChI is InChI=1S/C13H17NO3/c1-5-9-8-10(6-7-11(9)15)14-12(16)17-13(2,3)4/h5-8,15H,1H2,2-4H3,(H,14,16). The molecular formula is C13H17NO3. The maximum atomic E-state index is 11.5. The second kappa shape index (κ2) is 4.91. The number of amides is 1. The highest BCUT2D eigenvalue weighted by Gasteiger charge is 2.16. The van der Waals surface area contributed by atoms with E-state index in [9.17, 15) is 9.90 Å². The van der Waals surface area contributed by atoms with Crippen LogP contribution in [-0.2, 0) is 4.74 Å². The van der Waals surface area contributed by atoms with E-state index in [2.05, 4.69) is 11.9 Å². The third kappa shape index (κ3) is 4.18. The molecule has 1 rings (SSSR count). The molecule has 0 saturated carbocycles. The van der Waals surface area contributed by atoms with Gasteiger partial charge in [0.05, 0.1) is 0 Å². The Morgan fingerprint density at radius 2 is 2.12 bits per heavy atom. The zero-order valence-electron chi connectivity index (χ0n) is 10.3. The highest BCUT2D eigenvalue weighted by Crippen LogP contribution is 2.22. The lowest BCUT2D eigenvalue weighted by Crippen LogP contribution is -2.27. The van der Waals surface area contributed by atoms with Crippen LogP contribution in [0.4, 0.5) is 10.5 Å². The lowest BCUT2D eigenvalue weighted by Gasteiger charge is -2.19. The first-order valence-corrected chi connectivity index (χ1v) is 5.27. The normalized spacial score (nSPS) is 10.8. The van der Waals surface area contributed by atoms with E-state index in [0.717, 1.165) is 0 Å². The van der Waals surface area contributed by atoms with Gasteiger partial charge in [0.15, 0.2) is 0 Å². The lowest BCUT2D eigenvalue weighted by atomic mass is 10.2. The molecule has 0 unspecified atom stereocenters. The highest BCUT2D eigenvalue weighted by molar-refractivity contribution is 5.85. The minimum atomic E-state index is -0.539. The number of hydrogen-bond acceptors (Lipinski definition) is 3. The summed E-state index contributed by atoms with van der Waals surface area (Å²) < 4.78 is 5.11. The van der Waals surface area contributed by atoms with Crippen molar-refractivity contribution in [2.45, 2.75) is 26.4 Å². The molecule has 0 radical (unpaired) electrons. The Morgan fingerprint density at radius 3 is 2.65 bits per heavy atom. The molecule has 0 aliphatic rings. The Hall–Kier alpha value is -1.97. The summed E-state index contributed by atoms with van der Waals surface area (Å²) in [5.74, 6) is 0.120. The summed E-state index contributed by atoms with van der Waals surface area (Å²) in [6, 6.07) is 4.70. The van der Waals surface area contributed by atoms with Crippen molar-refractivity contribution in [3.8, 4) is 5.75 Å². The van der Waals surface area contributed by atoms with Crippen molar-refractivity contribution in [3.63, 3.8) is 0 Å². The van der Waals surface area contributed by atoms with E-state index in [1.165, 1.54) is 12.1 Å². The summed E-state index contributed by atoms with van der Waals surface area (Å²) in [5.41, 5.74) is 0.563. The van der Waals surface area contributed by atoms with E-state index in [-0.39, 0.29) is 5.75 Å². The largest absolute Gasteiger partial charge is 0.507 e. The van der Waals surface area contributed by atoms with Crippen molar-refractivity contribution in [1.82, 2.24) is 0 Å². The fraction of sp³-hybridized carbons (Fsp3) is 0.308. The molecule has 2 N–H and O–H groups in total. The lowest BCUT2D eigenvalue weighted by molar-refractivity contribution is 0.0636. The number of hydrogen-bond donors (Lipinski definition) is 2. The molecule has 4 nitrogen and oxygen atoms in total. The molecule has 92 valence electrons. The Morgan fingerprint density at radius 1 is 1.47 bits per heavy atom. The molecule has 1 amide bonds. The number of anilines is 1. The van der Waals surface area contributed by atoms with Crippen LogP contribution in [0.5, 0.6) is 5.75 Å². The maximum Gasteiger partial charge on any atom is 0.412 e. The van der Waals surface area contributed by atoms with Gasteiger partial charge < -0.3 is 9.84 Å². The highest BCUT2D eigenvalue weighted by atomic mass is 16.6. The van der Waals surface area contributed by atoms with Gasteiger partial charge in [-0.25, -0.2) is 4.79 Å². The van der Waals surface area contributed by atoms with Crippen LogP contribution in [0.25, 0.3) is 6.08 Å². The van der Waals surface area contributed by atoms with Crippen molar-refractivity contribution < 1.29 is 14.6 Å². The third-order valence-electron chi connectivity index (χ3n) is 1.89. The molecule has 0 aliphatic carbocycles.